The first-order chi connectivity index (χ1) is 19.4. The third-order valence-corrected chi connectivity index (χ3v) is 6.60. The molecule has 40 heavy (non-hydrogen) atoms. The summed E-state index contributed by atoms with van der Waals surface area (Å²) in [5.74, 6) is 3.39. The topological polar surface area (TPSA) is 153 Å². The molecule has 0 atom stereocenters. The van der Waals surface area contributed by atoms with E-state index >= 15 is 0 Å². The van der Waals surface area contributed by atoms with Gasteiger partial charge in [-0.2, -0.15) is 0 Å². The summed E-state index contributed by atoms with van der Waals surface area (Å²) in [5.41, 5.74) is 11.5. The minimum Gasteiger partial charge on any atom is -0.342 e. The van der Waals surface area contributed by atoms with Gasteiger partial charge in [-0.3, -0.25) is 4.98 Å². The Morgan fingerprint density at radius 1 is 0.525 bits per heavy atom. The summed E-state index contributed by atoms with van der Waals surface area (Å²) in [6.45, 7) is 7.85. The standard InChI is InChI=1S/C15H13N5.C14H12N6/c1-8-3-10(7-16-6-8)15-19-13-4-11-12(5-14(13)20-15)18-9(2)17-11;1-7-3-13(16-6-15-7)14-19-11-4-9-10(5-12(11)20-14)18-8(2)17-9/h3-7H,1-2H3,(H,17,18)(H,19,20);3-6H,1-2H3,(H,17,18)(H,19,20). The third kappa shape index (κ3) is 4.33. The maximum atomic E-state index is 4.63. The molecule has 0 spiro atoms. The van der Waals surface area contributed by atoms with Gasteiger partial charge in [0.2, 0.25) is 0 Å². The summed E-state index contributed by atoms with van der Waals surface area (Å²) < 4.78 is 0. The highest BCUT2D eigenvalue weighted by atomic mass is 15.0. The van der Waals surface area contributed by atoms with Gasteiger partial charge in [0, 0.05) is 23.7 Å². The average Bonchev–Trinajstić information content (AvgIpc) is 3.69. The third-order valence-electron chi connectivity index (χ3n) is 6.60. The summed E-state index contributed by atoms with van der Waals surface area (Å²) in [6, 6.07) is 12.0. The van der Waals surface area contributed by atoms with Crippen LogP contribution in [0.4, 0.5) is 0 Å². The molecular weight excluding hydrogens is 502 g/mol. The minimum absolute atomic E-state index is 0.745. The minimum atomic E-state index is 0.745. The van der Waals surface area contributed by atoms with Crippen molar-refractivity contribution >= 4 is 44.1 Å². The van der Waals surface area contributed by atoms with E-state index < -0.39 is 0 Å². The van der Waals surface area contributed by atoms with Crippen molar-refractivity contribution in [2.45, 2.75) is 27.7 Å². The lowest BCUT2D eigenvalue weighted by Crippen LogP contribution is -1.89. The SMILES string of the molecule is Cc1cc(-c2nc3cc4nc(C)[nH]c4cc3[nH]2)ncn1.Cc1cncc(-c2nc3cc4nc(C)[nH]c4cc3[nH]2)c1. The lowest BCUT2D eigenvalue weighted by Gasteiger charge is -1.96. The molecule has 11 heteroatoms. The Balaban J connectivity index is 0.000000132. The van der Waals surface area contributed by atoms with Crippen LogP contribution >= 0.6 is 0 Å². The molecule has 196 valence electrons. The predicted octanol–water partition coefficient (Wildman–Crippen LogP) is 5.63. The van der Waals surface area contributed by atoms with Crippen molar-refractivity contribution in [2.24, 2.45) is 0 Å². The van der Waals surface area contributed by atoms with Crippen molar-refractivity contribution in [3.8, 4) is 22.9 Å². The molecule has 8 aromatic rings. The van der Waals surface area contributed by atoms with Gasteiger partial charge >= 0.3 is 0 Å². The number of nitrogens with one attached hydrogen (secondary N) is 4. The summed E-state index contributed by atoms with van der Waals surface area (Å²) in [4.78, 5) is 43.7. The Morgan fingerprint density at radius 3 is 1.73 bits per heavy atom. The number of aromatic nitrogens is 11. The molecule has 0 saturated heterocycles. The molecule has 0 amide bonds. The fourth-order valence-electron chi connectivity index (χ4n) is 4.81. The van der Waals surface area contributed by atoms with Crippen LogP contribution in [-0.2, 0) is 0 Å². The first kappa shape index (κ1) is 23.7. The zero-order chi connectivity index (χ0) is 27.4. The molecule has 0 saturated carbocycles. The molecule has 0 radical (unpaired) electrons. The molecule has 0 unspecified atom stereocenters. The molecular formula is C29H25N11. The molecule has 0 bridgehead atoms. The number of pyridine rings is 1. The van der Waals surface area contributed by atoms with E-state index in [9.17, 15) is 0 Å². The molecule has 4 N–H and O–H groups in total. The Morgan fingerprint density at radius 2 is 1.10 bits per heavy atom. The maximum absolute atomic E-state index is 4.63. The molecule has 6 aromatic heterocycles. The van der Waals surface area contributed by atoms with E-state index in [-0.39, 0.29) is 0 Å². The number of benzene rings is 2. The van der Waals surface area contributed by atoms with Crippen LogP contribution in [0.2, 0.25) is 0 Å². The van der Waals surface area contributed by atoms with Crippen molar-refractivity contribution in [1.29, 1.82) is 0 Å². The molecule has 6 heterocycles. The second kappa shape index (κ2) is 9.09. The number of fused-ring (bicyclic) bond motifs is 4. The summed E-state index contributed by atoms with van der Waals surface area (Å²) >= 11 is 0. The number of rotatable bonds is 2. The number of nitrogens with zero attached hydrogens (tertiary/aromatic N) is 7. The fraction of sp³-hybridized carbons (Fsp3) is 0.138. The van der Waals surface area contributed by atoms with E-state index in [0.29, 0.717) is 0 Å². The lowest BCUT2D eigenvalue weighted by molar-refractivity contribution is 1.09. The molecule has 8 rings (SSSR count). The Labute approximate surface area is 227 Å². The summed E-state index contributed by atoms with van der Waals surface area (Å²) in [6.07, 6.45) is 5.20. The molecule has 0 aliphatic heterocycles. The highest BCUT2D eigenvalue weighted by Gasteiger charge is 2.11. The van der Waals surface area contributed by atoms with Crippen molar-refractivity contribution in [1.82, 2.24) is 54.8 Å². The Hall–Kier alpha value is -5.45. The quantitative estimate of drug-likeness (QED) is 0.227. The number of H-pyrrole nitrogens is 4. The molecule has 2 aromatic carbocycles. The fourth-order valence-corrected chi connectivity index (χ4v) is 4.81. The van der Waals surface area contributed by atoms with Gasteiger partial charge in [-0.1, -0.05) is 0 Å². The van der Waals surface area contributed by atoms with Gasteiger partial charge in [0.05, 0.1) is 44.1 Å². The summed E-state index contributed by atoms with van der Waals surface area (Å²) in [5, 5.41) is 0. The maximum Gasteiger partial charge on any atom is 0.157 e. The van der Waals surface area contributed by atoms with Crippen molar-refractivity contribution in [2.75, 3.05) is 0 Å². The van der Waals surface area contributed by atoms with Gasteiger partial charge in [-0.05, 0) is 69.7 Å². The number of imidazole rings is 4. The van der Waals surface area contributed by atoms with Gasteiger partial charge < -0.3 is 19.9 Å². The van der Waals surface area contributed by atoms with E-state index in [1.54, 1.807) is 6.33 Å². The molecule has 0 aliphatic rings. The average molecular weight is 528 g/mol. The number of hydrogen-bond donors (Lipinski definition) is 4. The predicted molar refractivity (Wildman–Crippen MR) is 155 cm³/mol. The van der Waals surface area contributed by atoms with E-state index in [1.807, 2.05) is 70.4 Å². The number of aromatic amines is 4. The first-order valence-corrected chi connectivity index (χ1v) is 12.8. The van der Waals surface area contributed by atoms with E-state index in [1.165, 1.54) is 0 Å². The van der Waals surface area contributed by atoms with Crippen molar-refractivity contribution in [3.05, 3.63) is 78.0 Å². The van der Waals surface area contributed by atoms with E-state index in [0.717, 1.165) is 89.9 Å². The van der Waals surface area contributed by atoms with Crippen LogP contribution in [0.1, 0.15) is 22.9 Å². The molecule has 0 aliphatic carbocycles. The lowest BCUT2D eigenvalue weighted by atomic mass is 10.2. The van der Waals surface area contributed by atoms with Crippen LogP contribution in [-0.4, -0.2) is 54.8 Å². The largest absolute Gasteiger partial charge is 0.342 e. The highest BCUT2D eigenvalue weighted by Crippen LogP contribution is 2.25. The van der Waals surface area contributed by atoms with E-state index in [2.05, 4.69) is 60.9 Å². The van der Waals surface area contributed by atoms with Crippen LogP contribution in [0.25, 0.3) is 67.0 Å². The monoisotopic (exact) mass is 527 g/mol. The van der Waals surface area contributed by atoms with Crippen molar-refractivity contribution < 1.29 is 0 Å². The second-order valence-corrected chi connectivity index (χ2v) is 9.88. The van der Waals surface area contributed by atoms with Gasteiger partial charge in [-0.15, -0.1) is 0 Å². The summed E-state index contributed by atoms with van der Waals surface area (Å²) in [7, 11) is 0. The van der Waals surface area contributed by atoms with Crippen LogP contribution in [0.5, 0.6) is 0 Å². The number of hydrogen-bond acceptors (Lipinski definition) is 7. The van der Waals surface area contributed by atoms with Gasteiger partial charge in [0.1, 0.15) is 29.5 Å². The van der Waals surface area contributed by atoms with Gasteiger partial charge in [0.25, 0.3) is 0 Å². The normalized spacial score (nSPS) is 11.5. The van der Waals surface area contributed by atoms with Gasteiger partial charge in [-0.25, -0.2) is 29.9 Å². The molecule has 11 nitrogen and oxygen atoms in total. The second-order valence-electron chi connectivity index (χ2n) is 9.88. The van der Waals surface area contributed by atoms with Crippen LogP contribution < -0.4 is 0 Å². The molecule has 0 fully saturated rings. The Kier molecular flexibility index (Phi) is 5.37. The van der Waals surface area contributed by atoms with Crippen LogP contribution in [0.15, 0.2) is 55.1 Å². The van der Waals surface area contributed by atoms with Gasteiger partial charge in [0.15, 0.2) is 5.82 Å². The van der Waals surface area contributed by atoms with Crippen LogP contribution in [0, 0.1) is 27.7 Å². The zero-order valence-electron chi connectivity index (χ0n) is 22.3. The Bertz CT molecular complexity index is 1920. The van der Waals surface area contributed by atoms with E-state index in [4.69, 9.17) is 0 Å². The number of aryl methyl sites for hydroxylation is 4. The van der Waals surface area contributed by atoms with Crippen LogP contribution in [0.3, 0.4) is 0 Å². The highest BCUT2D eigenvalue weighted by molar-refractivity contribution is 5.93. The smallest absolute Gasteiger partial charge is 0.157 e. The van der Waals surface area contributed by atoms with Crippen molar-refractivity contribution in [3.63, 3.8) is 0 Å². The zero-order valence-corrected chi connectivity index (χ0v) is 22.3. The first-order valence-electron chi connectivity index (χ1n) is 12.8.